The predicted molar refractivity (Wildman–Crippen MR) is 78.7 cm³/mol. The quantitative estimate of drug-likeness (QED) is 0.826. The first-order valence-electron chi connectivity index (χ1n) is 5.58. The second kappa shape index (κ2) is 7.07. The maximum absolute atomic E-state index is 12.2. The van der Waals surface area contributed by atoms with E-state index in [1.807, 2.05) is 48.0 Å². The lowest BCUT2D eigenvalue weighted by molar-refractivity contribution is 0.0741. The van der Waals surface area contributed by atoms with Crippen molar-refractivity contribution in [2.75, 3.05) is 19.1 Å². The van der Waals surface area contributed by atoms with Crippen molar-refractivity contribution in [3.63, 3.8) is 0 Å². The van der Waals surface area contributed by atoms with Crippen LogP contribution in [0.3, 0.4) is 0 Å². The van der Waals surface area contributed by atoms with Crippen LogP contribution in [0.4, 0.5) is 0 Å². The Bertz CT molecular complexity index is 383. The Morgan fingerprint density at radius 2 is 2.24 bits per heavy atom. The summed E-state index contributed by atoms with van der Waals surface area (Å²) >= 11 is 5.20. The number of rotatable bonds is 5. The molecule has 1 amide bonds. The normalized spacial score (nSPS) is 12.2. The van der Waals surface area contributed by atoms with Gasteiger partial charge in [0.1, 0.15) is 0 Å². The van der Waals surface area contributed by atoms with Crippen LogP contribution in [0.1, 0.15) is 23.7 Å². The Hall–Kier alpha value is -0.480. The molecule has 0 saturated carbocycles. The molecule has 2 nitrogen and oxygen atoms in total. The zero-order valence-corrected chi connectivity index (χ0v) is 12.8. The van der Waals surface area contributed by atoms with E-state index in [-0.39, 0.29) is 11.9 Å². The minimum atomic E-state index is 0.0832. The van der Waals surface area contributed by atoms with Crippen LogP contribution in [0.5, 0.6) is 0 Å². The Morgan fingerprint density at radius 1 is 1.53 bits per heavy atom. The molecule has 4 heteroatoms. The van der Waals surface area contributed by atoms with Crippen LogP contribution >= 0.6 is 27.7 Å². The summed E-state index contributed by atoms with van der Waals surface area (Å²) in [6.07, 6.45) is 3.11. The fourth-order valence-electron chi connectivity index (χ4n) is 1.51. The van der Waals surface area contributed by atoms with E-state index in [0.29, 0.717) is 0 Å². The largest absolute Gasteiger partial charge is 0.339 e. The number of thioether (sulfide) groups is 1. The molecule has 0 fully saturated rings. The van der Waals surface area contributed by atoms with Gasteiger partial charge in [0, 0.05) is 23.1 Å². The molecule has 0 aromatic heterocycles. The highest BCUT2D eigenvalue weighted by Crippen LogP contribution is 2.15. The maximum Gasteiger partial charge on any atom is 0.253 e. The molecule has 0 aliphatic rings. The molecule has 0 bridgehead atoms. The molecule has 0 aliphatic carbocycles. The first-order chi connectivity index (χ1) is 8.06. The van der Waals surface area contributed by atoms with E-state index in [2.05, 4.69) is 29.1 Å². The van der Waals surface area contributed by atoms with Gasteiger partial charge >= 0.3 is 0 Å². The van der Waals surface area contributed by atoms with Gasteiger partial charge < -0.3 is 4.90 Å². The van der Waals surface area contributed by atoms with E-state index < -0.39 is 0 Å². The SMILES string of the molecule is CSCCC(C)N(C)C(=O)c1cccc(Br)c1. The summed E-state index contributed by atoms with van der Waals surface area (Å²) < 4.78 is 0.938. The van der Waals surface area contributed by atoms with E-state index >= 15 is 0 Å². The number of hydrogen-bond acceptors (Lipinski definition) is 2. The molecule has 0 spiro atoms. The summed E-state index contributed by atoms with van der Waals surface area (Å²) in [5.41, 5.74) is 0.734. The number of carbonyl (C=O) groups excluding carboxylic acids is 1. The minimum Gasteiger partial charge on any atom is -0.339 e. The summed E-state index contributed by atoms with van der Waals surface area (Å²) in [5.74, 6) is 1.16. The molecule has 17 heavy (non-hydrogen) atoms. The Morgan fingerprint density at radius 3 is 2.82 bits per heavy atom. The van der Waals surface area contributed by atoms with E-state index in [4.69, 9.17) is 0 Å². The fraction of sp³-hybridized carbons (Fsp3) is 0.462. The molecule has 0 aliphatic heterocycles. The highest BCUT2D eigenvalue weighted by molar-refractivity contribution is 9.10. The summed E-state index contributed by atoms with van der Waals surface area (Å²) in [4.78, 5) is 14.0. The third-order valence-corrected chi connectivity index (χ3v) is 3.93. The molecule has 1 rings (SSSR count). The van der Waals surface area contributed by atoms with Crippen LogP contribution in [-0.2, 0) is 0 Å². The van der Waals surface area contributed by atoms with Gasteiger partial charge in [0.05, 0.1) is 0 Å². The number of nitrogens with zero attached hydrogens (tertiary/aromatic N) is 1. The second-order valence-corrected chi connectivity index (χ2v) is 5.96. The van der Waals surface area contributed by atoms with Crippen molar-refractivity contribution >= 4 is 33.6 Å². The van der Waals surface area contributed by atoms with Gasteiger partial charge in [-0.1, -0.05) is 22.0 Å². The molecule has 0 N–H and O–H groups in total. The van der Waals surface area contributed by atoms with Crippen LogP contribution in [0.25, 0.3) is 0 Å². The molecule has 94 valence electrons. The number of amides is 1. The standard InChI is InChI=1S/C13H18BrNOS/c1-10(7-8-17-3)15(2)13(16)11-5-4-6-12(14)9-11/h4-6,9-10H,7-8H2,1-3H3. The molecule has 0 saturated heterocycles. The summed E-state index contributed by atoms with van der Waals surface area (Å²) in [5, 5.41) is 0. The molecule has 1 aromatic rings. The molecule has 0 heterocycles. The van der Waals surface area contributed by atoms with Crippen molar-refractivity contribution in [3.8, 4) is 0 Å². The van der Waals surface area contributed by atoms with Gasteiger partial charge in [0.25, 0.3) is 5.91 Å². The number of benzene rings is 1. The molecule has 0 radical (unpaired) electrons. The van der Waals surface area contributed by atoms with Crippen molar-refractivity contribution in [3.05, 3.63) is 34.3 Å². The maximum atomic E-state index is 12.2. The smallest absolute Gasteiger partial charge is 0.253 e. The summed E-state index contributed by atoms with van der Waals surface area (Å²) in [7, 11) is 1.87. The van der Waals surface area contributed by atoms with Gasteiger partial charge in [0.15, 0.2) is 0 Å². The van der Waals surface area contributed by atoms with Crippen molar-refractivity contribution < 1.29 is 4.79 Å². The summed E-state index contributed by atoms with van der Waals surface area (Å²) in [6.45, 7) is 2.09. The lowest BCUT2D eigenvalue weighted by Gasteiger charge is -2.25. The van der Waals surface area contributed by atoms with Crippen molar-refractivity contribution in [2.24, 2.45) is 0 Å². The number of hydrogen-bond donors (Lipinski definition) is 0. The lowest BCUT2D eigenvalue weighted by atomic mass is 10.1. The average Bonchev–Trinajstić information content (AvgIpc) is 2.34. The lowest BCUT2D eigenvalue weighted by Crippen LogP contribution is -2.35. The molecule has 1 unspecified atom stereocenters. The van der Waals surface area contributed by atoms with Crippen molar-refractivity contribution in [2.45, 2.75) is 19.4 Å². The van der Waals surface area contributed by atoms with Gasteiger partial charge in [0.2, 0.25) is 0 Å². The van der Waals surface area contributed by atoms with Gasteiger partial charge in [-0.05, 0) is 43.6 Å². The molecular formula is C13H18BrNOS. The Kier molecular flexibility index (Phi) is 6.06. The Balaban J connectivity index is 2.69. The third-order valence-electron chi connectivity index (χ3n) is 2.79. The average molecular weight is 316 g/mol. The molecule has 1 aromatic carbocycles. The van der Waals surface area contributed by atoms with Crippen LogP contribution in [0.2, 0.25) is 0 Å². The first kappa shape index (κ1) is 14.6. The second-order valence-electron chi connectivity index (χ2n) is 4.06. The van der Waals surface area contributed by atoms with Gasteiger partial charge in [-0.15, -0.1) is 0 Å². The fourth-order valence-corrected chi connectivity index (χ4v) is 2.48. The number of halogens is 1. The summed E-state index contributed by atoms with van der Waals surface area (Å²) in [6, 6.07) is 7.80. The van der Waals surface area contributed by atoms with E-state index in [1.165, 1.54) is 0 Å². The Labute approximate surface area is 116 Å². The predicted octanol–water partition coefficient (Wildman–Crippen LogP) is 3.66. The van der Waals surface area contributed by atoms with E-state index in [9.17, 15) is 4.79 Å². The van der Waals surface area contributed by atoms with Crippen molar-refractivity contribution in [1.82, 2.24) is 4.90 Å². The third kappa shape index (κ3) is 4.36. The van der Waals surface area contributed by atoms with Gasteiger partial charge in [-0.2, -0.15) is 11.8 Å². The topological polar surface area (TPSA) is 20.3 Å². The van der Waals surface area contributed by atoms with Crippen LogP contribution in [0.15, 0.2) is 28.7 Å². The van der Waals surface area contributed by atoms with E-state index in [1.54, 1.807) is 0 Å². The molecule has 1 atom stereocenters. The zero-order valence-electron chi connectivity index (χ0n) is 10.4. The highest BCUT2D eigenvalue weighted by Gasteiger charge is 2.17. The first-order valence-corrected chi connectivity index (χ1v) is 7.76. The van der Waals surface area contributed by atoms with E-state index in [0.717, 1.165) is 22.2 Å². The van der Waals surface area contributed by atoms with Crippen molar-refractivity contribution in [1.29, 1.82) is 0 Å². The monoisotopic (exact) mass is 315 g/mol. The van der Waals surface area contributed by atoms with Crippen LogP contribution in [-0.4, -0.2) is 35.9 Å². The molecular weight excluding hydrogens is 298 g/mol. The van der Waals surface area contributed by atoms with Crippen LogP contribution in [0, 0.1) is 0 Å². The van der Waals surface area contributed by atoms with Gasteiger partial charge in [-0.25, -0.2) is 0 Å². The number of carbonyl (C=O) groups is 1. The van der Waals surface area contributed by atoms with Crippen LogP contribution < -0.4 is 0 Å². The zero-order chi connectivity index (χ0) is 12.8. The highest BCUT2D eigenvalue weighted by atomic mass is 79.9. The van der Waals surface area contributed by atoms with Gasteiger partial charge in [-0.3, -0.25) is 4.79 Å². The minimum absolute atomic E-state index is 0.0832.